The van der Waals surface area contributed by atoms with Gasteiger partial charge in [0, 0.05) is 11.8 Å². The maximum absolute atomic E-state index is 13.5. The number of benzene rings is 2. The average molecular weight is 459 g/mol. The Morgan fingerprint density at radius 1 is 1.06 bits per heavy atom. The SMILES string of the molecule is COc1ccc(C(C)(C)C)cc1NC(=O)c1nn(-c2ccccc2C(F)(F)F)c(C)cc1=O. The Morgan fingerprint density at radius 2 is 1.73 bits per heavy atom. The van der Waals surface area contributed by atoms with Crippen molar-refractivity contribution in [2.75, 3.05) is 12.4 Å². The van der Waals surface area contributed by atoms with E-state index in [1.807, 2.05) is 26.8 Å². The lowest BCUT2D eigenvalue weighted by atomic mass is 9.87. The molecule has 1 amide bonds. The van der Waals surface area contributed by atoms with E-state index >= 15 is 0 Å². The predicted octanol–water partition coefficient (Wildman–Crippen LogP) is 5.12. The molecule has 0 bridgehead atoms. The highest BCUT2D eigenvalue weighted by atomic mass is 19.4. The summed E-state index contributed by atoms with van der Waals surface area (Å²) in [5.41, 5.74) is -1.31. The summed E-state index contributed by atoms with van der Waals surface area (Å²) in [6.45, 7) is 7.44. The summed E-state index contributed by atoms with van der Waals surface area (Å²) in [6, 6.07) is 11.2. The fourth-order valence-corrected chi connectivity index (χ4v) is 3.30. The Bertz CT molecular complexity index is 1260. The minimum Gasteiger partial charge on any atom is -0.495 e. The van der Waals surface area contributed by atoms with Gasteiger partial charge in [0.1, 0.15) is 5.75 Å². The zero-order chi connectivity index (χ0) is 24.6. The highest BCUT2D eigenvalue weighted by Gasteiger charge is 2.34. The molecule has 0 aliphatic rings. The monoisotopic (exact) mass is 459 g/mol. The van der Waals surface area contributed by atoms with Crippen molar-refractivity contribution >= 4 is 11.6 Å². The van der Waals surface area contributed by atoms with Crippen LogP contribution in [0.25, 0.3) is 5.69 Å². The average Bonchev–Trinajstić information content (AvgIpc) is 2.72. The van der Waals surface area contributed by atoms with Crippen LogP contribution in [0.4, 0.5) is 18.9 Å². The van der Waals surface area contributed by atoms with Crippen molar-refractivity contribution in [3.05, 3.63) is 81.3 Å². The molecular formula is C24H24F3N3O3. The summed E-state index contributed by atoms with van der Waals surface area (Å²) in [6.07, 6.45) is -4.64. The van der Waals surface area contributed by atoms with Gasteiger partial charge in [-0.15, -0.1) is 0 Å². The summed E-state index contributed by atoms with van der Waals surface area (Å²) >= 11 is 0. The Hall–Kier alpha value is -3.62. The first-order chi connectivity index (χ1) is 15.3. The largest absolute Gasteiger partial charge is 0.495 e. The number of rotatable bonds is 4. The molecule has 0 fully saturated rings. The van der Waals surface area contributed by atoms with Gasteiger partial charge in [-0.3, -0.25) is 9.59 Å². The smallest absolute Gasteiger partial charge is 0.418 e. The number of amides is 1. The number of nitrogens with one attached hydrogen (secondary N) is 1. The van der Waals surface area contributed by atoms with Gasteiger partial charge in [0.2, 0.25) is 5.43 Å². The van der Waals surface area contributed by atoms with Gasteiger partial charge in [-0.1, -0.05) is 39.0 Å². The zero-order valence-electron chi connectivity index (χ0n) is 18.9. The van der Waals surface area contributed by atoms with E-state index in [0.29, 0.717) is 11.4 Å². The molecule has 0 spiro atoms. The molecule has 2 aromatic carbocycles. The molecule has 9 heteroatoms. The number of halogens is 3. The van der Waals surface area contributed by atoms with Gasteiger partial charge in [0.05, 0.1) is 24.0 Å². The Balaban J connectivity index is 2.08. The van der Waals surface area contributed by atoms with Crippen LogP contribution in [0.2, 0.25) is 0 Å². The van der Waals surface area contributed by atoms with E-state index in [-0.39, 0.29) is 16.8 Å². The fourth-order valence-electron chi connectivity index (χ4n) is 3.30. The molecule has 0 atom stereocenters. The lowest BCUT2D eigenvalue weighted by Gasteiger charge is -2.21. The van der Waals surface area contributed by atoms with Gasteiger partial charge in [-0.25, -0.2) is 4.68 Å². The quantitative estimate of drug-likeness (QED) is 0.588. The topological polar surface area (TPSA) is 73.2 Å². The molecule has 3 rings (SSSR count). The molecule has 0 unspecified atom stereocenters. The van der Waals surface area contributed by atoms with Crippen LogP contribution in [-0.4, -0.2) is 22.8 Å². The van der Waals surface area contributed by atoms with Gasteiger partial charge in [-0.05, 0) is 42.2 Å². The van der Waals surface area contributed by atoms with Crippen molar-refractivity contribution in [2.45, 2.75) is 39.3 Å². The van der Waals surface area contributed by atoms with Crippen LogP contribution in [0.15, 0.2) is 53.3 Å². The molecule has 6 nitrogen and oxygen atoms in total. The molecule has 0 aliphatic carbocycles. The lowest BCUT2D eigenvalue weighted by molar-refractivity contribution is -0.137. The number of alkyl halides is 3. The third-order valence-corrected chi connectivity index (χ3v) is 5.07. The molecule has 0 saturated carbocycles. The standard InChI is InChI=1S/C24H24F3N3O3/c1-14-12-19(31)21(29-30(14)18-9-7-6-8-16(18)24(25,26)27)22(32)28-17-13-15(23(2,3)4)10-11-20(17)33-5/h6-13H,1-5H3,(H,28,32). The predicted molar refractivity (Wildman–Crippen MR) is 119 cm³/mol. The van der Waals surface area contributed by atoms with E-state index in [1.54, 1.807) is 12.1 Å². The molecule has 1 heterocycles. The molecular weight excluding hydrogens is 435 g/mol. The molecule has 0 saturated heterocycles. The second-order valence-electron chi connectivity index (χ2n) is 8.54. The second-order valence-corrected chi connectivity index (χ2v) is 8.54. The molecule has 0 aliphatic heterocycles. The summed E-state index contributed by atoms with van der Waals surface area (Å²) in [5, 5.41) is 6.60. The van der Waals surface area contributed by atoms with Crippen LogP contribution in [0.3, 0.4) is 0 Å². The molecule has 174 valence electrons. The number of para-hydroxylation sites is 1. The molecule has 1 N–H and O–H groups in total. The number of aryl methyl sites for hydroxylation is 1. The Morgan fingerprint density at radius 3 is 2.33 bits per heavy atom. The maximum Gasteiger partial charge on any atom is 0.418 e. The molecule has 3 aromatic rings. The number of methoxy groups -OCH3 is 1. The van der Waals surface area contributed by atoms with Gasteiger partial charge in [-0.2, -0.15) is 18.3 Å². The van der Waals surface area contributed by atoms with Gasteiger partial charge in [0.15, 0.2) is 5.69 Å². The number of carbonyl (C=O) groups excluding carboxylic acids is 1. The van der Waals surface area contributed by atoms with Gasteiger partial charge >= 0.3 is 6.18 Å². The van der Waals surface area contributed by atoms with Gasteiger partial charge < -0.3 is 10.1 Å². The van der Waals surface area contributed by atoms with Crippen molar-refractivity contribution in [1.29, 1.82) is 0 Å². The number of nitrogens with zero attached hydrogens (tertiary/aromatic N) is 2. The first-order valence-electron chi connectivity index (χ1n) is 10.1. The van der Waals surface area contributed by atoms with E-state index in [4.69, 9.17) is 4.74 Å². The van der Waals surface area contributed by atoms with Crippen molar-refractivity contribution in [2.24, 2.45) is 0 Å². The molecule has 33 heavy (non-hydrogen) atoms. The van der Waals surface area contributed by atoms with E-state index < -0.39 is 28.8 Å². The minimum atomic E-state index is -4.64. The van der Waals surface area contributed by atoms with Crippen LogP contribution in [0.5, 0.6) is 5.75 Å². The maximum atomic E-state index is 13.5. The van der Waals surface area contributed by atoms with Crippen molar-refractivity contribution in [3.63, 3.8) is 0 Å². The zero-order valence-corrected chi connectivity index (χ0v) is 18.9. The van der Waals surface area contributed by atoms with Crippen LogP contribution >= 0.6 is 0 Å². The number of aromatic nitrogens is 2. The Labute approximate surface area is 189 Å². The third kappa shape index (κ3) is 5.08. The lowest BCUT2D eigenvalue weighted by Crippen LogP contribution is -2.28. The van der Waals surface area contributed by atoms with Crippen LogP contribution in [-0.2, 0) is 11.6 Å². The van der Waals surface area contributed by atoms with Crippen molar-refractivity contribution in [3.8, 4) is 11.4 Å². The van der Waals surface area contributed by atoms with Crippen molar-refractivity contribution in [1.82, 2.24) is 9.78 Å². The summed E-state index contributed by atoms with van der Waals surface area (Å²) < 4.78 is 46.8. The van der Waals surface area contributed by atoms with Gasteiger partial charge in [0.25, 0.3) is 5.91 Å². The molecule has 1 aromatic heterocycles. The van der Waals surface area contributed by atoms with Crippen molar-refractivity contribution < 1.29 is 22.7 Å². The number of anilines is 1. The number of hydrogen-bond acceptors (Lipinski definition) is 4. The van der Waals surface area contributed by atoms with Crippen LogP contribution < -0.4 is 15.5 Å². The first-order valence-corrected chi connectivity index (χ1v) is 10.1. The number of hydrogen-bond donors (Lipinski definition) is 1. The summed E-state index contributed by atoms with van der Waals surface area (Å²) in [7, 11) is 1.44. The summed E-state index contributed by atoms with van der Waals surface area (Å²) in [4.78, 5) is 25.5. The van der Waals surface area contributed by atoms with E-state index in [0.717, 1.165) is 22.4 Å². The highest BCUT2D eigenvalue weighted by molar-refractivity contribution is 6.03. The third-order valence-electron chi connectivity index (χ3n) is 5.07. The van der Waals surface area contributed by atoms with E-state index in [2.05, 4.69) is 10.4 Å². The van der Waals surface area contributed by atoms with Crippen LogP contribution in [0.1, 0.15) is 48.1 Å². The second kappa shape index (κ2) is 8.73. The van der Waals surface area contributed by atoms with E-state index in [1.165, 1.54) is 32.2 Å². The minimum absolute atomic E-state index is 0.153. The first kappa shape index (κ1) is 24.0. The normalized spacial score (nSPS) is 11.9. The summed E-state index contributed by atoms with van der Waals surface area (Å²) in [5.74, 6) is -0.492. The molecule has 0 radical (unpaired) electrons. The van der Waals surface area contributed by atoms with E-state index in [9.17, 15) is 22.8 Å². The van der Waals surface area contributed by atoms with Crippen LogP contribution in [0, 0.1) is 6.92 Å². The highest BCUT2D eigenvalue weighted by Crippen LogP contribution is 2.34. The Kier molecular flexibility index (Phi) is 6.35. The number of ether oxygens (including phenoxy) is 1. The fraction of sp³-hybridized carbons (Fsp3) is 0.292. The number of carbonyl (C=O) groups is 1.